The number of carbonyl (C=O) groups excluding carboxylic acids is 1. The molecule has 19 heavy (non-hydrogen) atoms. The van der Waals surface area contributed by atoms with E-state index in [2.05, 4.69) is 5.32 Å². The van der Waals surface area contributed by atoms with Gasteiger partial charge in [0.2, 0.25) is 5.91 Å². The number of carbonyl (C=O) groups is 2. The minimum Gasteiger partial charge on any atom is -0.481 e. The molecule has 4 heteroatoms. The first-order chi connectivity index (χ1) is 9.10. The topological polar surface area (TPSA) is 66.4 Å². The Bertz CT molecular complexity index is 330. The van der Waals surface area contributed by atoms with E-state index in [9.17, 15) is 9.59 Å². The highest BCUT2D eigenvalue weighted by molar-refractivity contribution is 5.76. The van der Waals surface area contributed by atoms with Crippen LogP contribution in [0.3, 0.4) is 0 Å². The second kappa shape index (κ2) is 6.40. The molecule has 0 bridgehead atoms. The van der Waals surface area contributed by atoms with Gasteiger partial charge in [-0.3, -0.25) is 9.59 Å². The first kappa shape index (κ1) is 14.4. The SMILES string of the molecule is O=C(O)CC1(CNC(=O)CC2CCC2)CCCCC1. The van der Waals surface area contributed by atoms with Crippen LogP contribution in [0.2, 0.25) is 0 Å². The summed E-state index contributed by atoms with van der Waals surface area (Å²) in [6.45, 7) is 0.546. The van der Waals surface area contributed by atoms with E-state index in [1.54, 1.807) is 0 Å². The minimum absolute atomic E-state index is 0.111. The molecular weight excluding hydrogens is 242 g/mol. The molecule has 2 saturated carbocycles. The lowest BCUT2D eigenvalue weighted by molar-refractivity contribution is -0.140. The average Bonchev–Trinajstić information content (AvgIpc) is 2.32. The van der Waals surface area contributed by atoms with E-state index >= 15 is 0 Å². The fourth-order valence-corrected chi connectivity index (χ4v) is 3.36. The Labute approximate surface area is 115 Å². The Morgan fingerprint density at radius 3 is 2.32 bits per heavy atom. The van der Waals surface area contributed by atoms with Gasteiger partial charge in [-0.25, -0.2) is 0 Å². The van der Waals surface area contributed by atoms with Gasteiger partial charge in [0, 0.05) is 13.0 Å². The van der Waals surface area contributed by atoms with Crippen molar-refractivity contribution in [3.8, 4) is 0 Å². The molecule has 4 nitrogen and oxygen atoms in total. The van der Waals surface area contributed by atoms with Crippen molar-refractivity contribution in [3.63, 3.8) is 0 Å². The number of aliphatic carboxylic acids is 1. The largest absolute Gasteiger partial charge is 0.481 e. The second-order valence-corrected chi connectivity index (χ2v) is 6.41. The van der Waals surface area contributed by atoms with Gasteiger partial charge in [-0.05, 0) is 37.0 Å². The Hall–Kier alpha value is -1.06. The zero-order valence-electron chi connectivity index (χ0n) is 11.6. The van der Waals surface area contributed by atoms with Crippen LogP contribution in [-0.4, -0.2) is 23.5 Å². The van der Waals surface area contributed by atoms with Crippen LogP contribution in [0.15, 0.2) is 0 Å². The maximum Gasteiger partial charge on any atom is 0.303 e. The molecule has 0 unspecified atom stereocenters. The Balaban J connectivity index is 1.81. The summed E-state index contributed by atoms with van der Waals surface area (Å²) in [7, 11) is 0. The molecule has 2 fully saturated rings. The number of nitrogens with one attached hydrogen (secondary N) is 1. The Morgan fingerprint density at radius 2 is 1.79 bits per heavy atom. The molecule has 0 aromatic rings. The van der Waals surface area contributed by atoms with E-state index < -0.39 is 5.97 Å². The number of carboxylic acid groups (broad SMARTS) is 1. The van der Waals surface area contributed by atoms with Gasteiger partial charge in [0.15, 0.2) is 0 Å². The average molecular weight is 267 g/mol. The zero-order valence-corrected chi connectivity index (χ0v) is 11.6. The van der Waals surface area contributed by atoms with Gasteiger partial charge in [-0.2, -0.15) is 0 Å². The van der Waals surface area contributed by atoms with Crippen LogP contribution in [-0.2, 0) is 9.59 Å². The van der Waals surface area contributed by atoms with Gasteiger partial charge in [0.1, 0.15) is 0 Å². The van der Waals surface area contributed by atoms with E-state index in [1.807, 2.05) is 0 Å². The van der Waals surface area contributed by atoms with Crippen molar-refractivity contribution < 1.29 is 14.7 Å². The summed E-state index contributed by atoms with van der Waals surface area (Å²) in [5.74, 6) is -0.0584. The van der Waals surface area contributed by atoms with Crippen molar-refractivity contribution in [1.29, 1.82) is 0 Å². The van der Waals surface area contributed by atoms with E-state index in [0.717, 1.165) is 25.7 Å². The van der Waals surface area contributed by atoms with E-state index in [1.165, 1.54) is 25.7 Å². The highest BCUT2D eigenvalue weighted by Gasteiger charge is 2.35. The lowest BCUT2D eigenvalue weighted by Crippen LogP contribution is -2.41. The molecule has 0 spiro atoms. The van der Waals surface area contributed by atoms with Crippen LogP contribution >= 0.6 is 0 Å². The number of carboxylic acids is 1. The van der Waals surface area contributed by atoms with Crippen molar-refractivity contribution in [1.82, 2.24) is 5.32 Å². The third kappa shape index (κ3) is 4.22. The summed E-state index contributed by atoms with van der Waals surface area (Å²) < 4.78 is 0. The molecular formula is C15H25NO3. The predicted molar refractivity (Wildman–Crippen MR) is 72.7 cm³/mol. The molecule has 0 atom stereocenters. The highest BCUT2D eigenvalue weighted by atomic mass is 16.4. The lowest BCUT2D eigenvalue weighted by atomic mass is 9.71. The maximum absolute atomic E-state index is 11.9. The molecule has 108 valence electrons. The number of rotatable bonds is 6. The van der Waals surface area contributed by atoms with Crippen LogP contribution < -0.4 is 5.32 Å². The standard InChI is InChI=1S/C15H25NO3/c17-13(9-12-5-4-6-12)16-11-15(10-14(18)19)7-2-1-3-8-15/h12H,1-11H2,(H,16,17)(H,18,19). The molecule has 2 aliphatic carbocycles. The Kier molecular flexibility index (Phi) is 4.83. The van der Waals surface area contributed by atoms with Crippen molar-refractivity contribution in [2.75, 3.05) is 6.54 Å². The first-order valence-electron chi connectivity index (χ1n) is 7.58. The van der Waals surface area contributed by atoms with Crippen molar-refractivity contribution in [2.24, 2.45) is 11.3 Å². The van der Waals surface area contributed by atoms with Crippen molar-refractivity contribution in [3.05, 3.63) is 0 Å². The minimum atomic E-state index is -0.741. The molecule has 1 amide bonds. The van der Waals surface area contributed by atoms with Gasteiger partial charge < -0.3 is 10.4 Å². The molecule has 0 radical (unpaired) electrons. The molecule has 0 aromatic heterocycles. The second-order valence-electron chi connectivity index (χ2n) is 6.41. The summed E-state index contributed by atoms with van der Waals surface area (Å²) in [5.41, 5.74) is -0.195. The third-order valence-corrected chi connectivity index (χ3v) is 4.80. The molecule has 0 heterocycles. The van der Waals surface area contributed by atoms with Gasteiger partial charge >= 0.3 is 5.97 Å². The summed E-state index contributed by atoms with van der Waals surface area (Å²) in [6, 6.07) is 0. The molecule has 0 saturated heterocycles. The lowest BCUT2D eigenvalue weighted by Gasteiger charge is -2.36. The fraction of sp³-hybridized carbons (Fsp3) is 0.867. The number of amides is 1. The summed E-state index contributed by atoms with van der Waals surface area (Å²) in [6.07, 6.45) is 9.66. The van der Waals surface area contributed by atoms with Crippen LogP contribution in [0, 0.1) is 11.3 Å². The quantitative estimate of drug-likeness (QED) is 0.777. The number of hydrogen-bond donors (Lipinski definition) is 2. The van der Waals surface area contributed by atoms with Crippen molar-refractivity contribution in [2.45, 2.75) is 64.2 Å². The van der Waals surface area contributed by atoms with Gasteiger partial charge in [0.05, 0.1) is 6.42 Å². The third-order valence-electron chi connectivity index (χ3n) is 4.80. The van der Waals surface area contributed by atoms with Gasteiger partial charge in [-0.1, -0.05) is 25.7 Å². The monoisotopic (exact) mass is 267 g/mol. The van der Waals surface area contributed by atoms with Crippen LogP contribution in [0.25, 0.3) is 0 Å². The van der Waals surface area contributed by atoms with Gasteiger partial charge in [-0.15, -0.1) is 0 Å². The first-order valence-corrected chi connectivity index (χ1v) is 7.58. The molecule has 2 aliphatic rings. The van der Waals surface area contributed by atoms with E-state index in [-0.39, 0.29) is 17.7 Å². The van der Waals surface area contributed by atoms with Crippen LogP contribution in [0.1, 0.15) is 64.2 Å². The molecule has 0 aliphatic heterocycles. The smallest absolute Gasteiger partial charge is 0.303 e. The molecule has 0 aromatic carbocycles. The fourth-order valence-electron chi connectivity index (χ4n) is 3.36. The van der Waals surface area contributed by atoms with Crippen LogP contribution in [0.4, 0.5) is 0 Å². The Morgan fingerprint density at radius 1 is 1.11 bits per heavy atom. The van der Waals surface area contributed by atoms with Gasteiger partial charge in [0.25, 0.3) is 0 Å². The van der Waals surface area contributed by atoms with E-state index in [4.69, 9.17) is 5.11 Å². The van der Waals surface area contributed by atoms with Crippen LogP contribution in [0.5, 0.6) is 0 Å². The number of hydrogen-bond acceptors (Lipinski definition) is 2. The zero-order chi connectivity index (χ0) is 13.7. The molecule has 2 N–H and O–H groups in total. The maximum atomic E-state index is 11.9. The van der Waals surface area contributed by atoms with Crippen molar-refractivity contribution >= 4 is 11.9 Å². The predicted octanol–water partition coefficient (Wildman–Crippen LogP) is 2.72. The summed E-state index contributed by atoms with van der Waals surface area (Å²) in [5, 5.41) is 12.1. The normalized spacial score (nSPS) is 22.5. The van der Waals surface area contributed by atoms with E-state index in [0.29, 0.717) is 18.9 Å². The summed E-state index contributed by atoms with van der Waals surface area (Å²) >= 11 is 0. The highest BCUT2D eigenvalue weighted by Crippen LogP contribution is 2.39. The summed E-state index contributed by atoms with van der Waals surface area (Å²) in [4.78, 5) is 22.9. The molecule has 2 rings (SSSR count).